The van der Waals surface area contributed by atoms with Crippen LogP contribution in [0.1, 0.15) is 39.5 Å². The van der Waals surface area contributed by atoms with Crippen LogP contribution >= 0.6 is 0 Å². The molecule has 0 heterocycles. The van der Waals surface area contributed by atoms with Crippen molar-refractivity contribution >= 4 is 0 Å². The Balaban J connectivity index is 2.67. The minimum Gasteiger partial charge on any atom is -0.171 e. The average molecular weight is 194 g/mol. The molecule has 13 heavy (non-hydrogen) atoms. The minimum atomic E-state index is -3.98. The molecule has 1 rings (SSSR count). The molecule has 0 radical (unpaired) electrons. The van der Waals surface area contributed by atoms with E-state index >= 15 is 0 Å². The summed E-state index contributed by atoms with van der Waals surface area (Å²) in [6.45, 7) is 3.80. The van der Waals surface area contributed by atoms with Gasteiger partial charge < -0.3 is 0 Å². The Morgan fingerprint density at radius 2 is 1.62 bits per heavy atom. The molecule has 0 amide bonds. The molecule has 0 nitrogen and oxygen atoms in total. The van der Waals surface area contributed by atoms with Gasteiger partial charge >= 0.3 is 6.18 Å². The first kappa shape index (κ1) is 10.9. The zero-order chi connectivity index (χ0) is 10.1. The monoisotopic (exact) mass is 194 g/mol. The lowest BCUT2D eigenvalue weighted by Crippen LogP contribution is -2.35. The van der Waals surface area contributed by atoms with Crippen molar-refractivity contribution in [2.24, 2.45) is 17.8 Å². The quantitative estimate of drug-likeness (QED) is 0.591. The van der Waals surface area contributed by atoms with Crippen LogP contribution in [0.4, 0.5) is 13.2 Å². The highest BCUT2D eigenvalue weighted by molar-refractivity contribution is 4.82. The zero-order valence-corrected chi connectivity index (χ0v) is 8.19. The Hall–Kier alpha value is -0.210. The van der Waals surface area contributed by atoms with E-state index in [1.807, 2.05) is 13.8 Å². The Kier molecular flexibility index (Phi) is 3.25. The molecule has 0 aromatic heterocycles. The molecule has 3 heteroatoms. The molecule has 0 saturated heterocycles. The number of hydrogen-bond acceptors (Lipinski definition) is 0. The third-order valence-corrected chi connectivity index (χ3v) is 3.10. The maximum atomic E-state index is 12.6. The molecule has 0 aromatic rings. The third-order valence-electron chi connectivity index (χ3n) is 3.10. The van der Waals surface area contributed by atoms with Crippen molar-refractivity contribution in [1.82, 2.24) is 0 Å². The molecular weight excluding hydrogens is 177 g/mol. The fourth-order valence-electron chi connectivity index (χ4n) is 2.36. The van der Waals surface area contributed by atoms with Crippen molar-refractivity contribution in [3.8, 4) is 0 Å². The summed E-state index contributed by atoms with van der Waals surface area (Å²) >= 11 is 0. The van der Waals surface area contributed by atoms with Crippen LogP contribution < -0.4 is 0 Å². The van der Waals surface area contributed by atoms with Crippen LogP contribution in [0.25, 0.3) is 0 Å². The molecule has 0 bridgehead atoms. The van der Waals surface area contributed by atoms with E-state index < -0.39 is 12.1 Å². The summed E-state index contributed by atoms with van der Waals surface area (Å²) in [6, 6.07) is 0. The first-order chi connectivity index (χ1) is 5.93. The predicted octanol–water partition coefficient (Wildman–Crippen LogP) is 4.01. The fraction of sp³-hybridized carbons (Fsp3) is 1.00. The molecule has 1 saturated carbocycles. The van der Waals surface area contributed by atoms with Crippen molar-refractivity contribution in [3.63, 3.8) is 0 Å². The largest absolute Gasteiger partial charge is 0.392 e. The van der Waals surface area contributed by atoms with E-state index in [2.05, 4.69) is 0 Å². The van der Waals surface area contributed by atoms with E-state index in [1.165, 1.54) is 0 Å². The fourth-order valence-corrected chi connectivity index (χ4v) is 2.36. The minimum absolute atomic E-state index is 0.145. The molecule has 0 N–H and O–H groups in total. The van der Waals surface area contributed by atoms with Gasteiger partial charge in [-0.2, -0.15) is 13.2 Å². The van der Waals surface area contributed by atoms with Crippen LogP contribution in [-0.2, 0) is 0 Å². The standard InChI is InChI=1S/C10H17F3/c1-7(2)8-5-3-4-6-9(8)10(11,12)13/h7-9H,3-6H2,1-2H3/t8?,9-/m0/s1. The Bertz CT molecular complexity index is 160. The van der Waals surface area contributed by atoms with Crippen LogP contribution in [0.3, 0.4) is 0 Å². The summed E-state index contributed by atoms with van der Waals surface area (Å²) in [5.41, 5.74) is 0. The Morgan fingerprint density at radius 3 is 2.00 bits per heavy atom. The Labute approximate surface area is 77.5 Å². The van der Waals surface area contributed by atoms with E-state index in [1.54, 1.807) is 0 Å². The predicted molar refractivity (Wildman–Crippen MR) is 46.3 cm³/mol. The smallest absolute Gasteiger partial charge is 0.171 e. The van der Waals surface area contributed by atoms with Crippen LogP contribution in [0.2, 0.25) is 0 Å². The number of halogens is 3. The lowest BCUT2D eigenvalue weighted by molar-refractivity contribution is -0.200. The van der Waals surface area contributed by atoms with E-state index in [9.17, 15) is 13.2 Å². The van der Waals surface area contributed by atoms with Crippen molar-refractivity contribution in [1.29, 1.82) is 0 Å². The van der Waals surface area contributed by atoms with Gasteiger partial charge in [-0.3, -0.25) is 0 Å². The molecule has 1 unspecified atom stereocenters. The molecule has 0 spiro atoms. The molecule has 2 atom stereocenters. The summed E-state index contributed by atoms with van der Waals surface area (Å²) < 4.78 is 37.7. The summed E-state index contributed by atoms with van der Waals surface area (Å²) in [4.78, 5) is 0. The maximum Gasteiger partial charge on any atom is 0.392 e. The molecular formula is C10H17F3. The van der Waals surface area contributed by atoms with Crippen LogP contribution in [0.5, 0.6) is 0 Å². The summed E-state index contributed by atoms with van der Waals surface area (Å²) in [5.74, 6) is -1.03. The number of rotatable bonds is 1. The van der Waals surface area contributed by atoms with Crippen molar-refractivity contribution < 1.29 is 13.2 Å². The van der Waals surface area contributed by atoms with E-state index in [0.717, 1.165) is 19.3 Å². The molecule has 1 aliphatic carbocycles. The van der Waals surface area contributed by atoms with Gasteiger partial charge in [0, 0.05) is 0 Å². The maximum absolute atomic E-state index is 12.6. The first-order valence-electron chi connectivity index (χ1n) is 4.99. The van der Waals surface area contributed by atoms with Crippen LogP contribution in [0, 0.1) is 17.8 Å². The van der Waals surface area contributed by atoms with E-state index in [0.29, 0.717) is 6.42 Å². The van der Waals surface area contributed by atoms with E-state index in [-0.39, 0.29) is 11.8 Å². The van der Waals surface area contributed by atoms with Gasteiger partial charge in [0.25, 0.3) is 0 Å². The average Bonchev–Trinajstić information content (AvgIpc) is 2.03. The lowest BCUT2D eigenvalue weighted by atomic mass is 9.73. The van der Waals surface area contributed by atoms with Gasteiger partial charge in [-0.15, -0.1) is 0 Å². The molecule has 0 aromatic carbocycles. The van der Waals surface area contributed by atoms with E-state index in [4.69, 9.17) is 0 Å². The molecule has 1 aliphatic rings. The highest BCUT2D eigenvalue weighted by Gasteiger charge is 2.45. The van der Waals surface area contributed by atoms with Crippen LogP contribution in [0.15, 0.2) is 0 Å². The molecule has 78 valence electrons. The van der Waals surface area contributed by atoms with Gasteiger partial charge in [-0.25, -0.2) is 0 Å². The topological polar surface area (TPSA) is 0 Å². The summed E-state index contributed by atoms with van der Waals surface area (Å²) in [5, 5.41) is 0. The van der Waals surface area contributed by atoms with Crippen molar-refractivity contribution in [2.45, 2.75) is 45.7 Å². The second-order valence-electron chi connectivity index (χ2n) is 4.34. The van der Waals surface area contributed by atoms with Gasteiger partial charge in [0.2, 0.25) is 0 Å². The van der Waals surface area contributed by atoms with Gasteiger partial charge in [0.15, 0.2) is 0 Å². The highest BCUT2D eigenvalue weighted by atomic mass is 19.4. The lowest BCUT2D eigenvalue weighted by Gasteiger charge is -2.35. The summed E-state index contributed by atoms with van der Waals surface area (Å²) in [6.07, 6.45) is -1.17. The summed E-state index contributed by atoms with van der Waals surface area (Å²) in [7, 11) is 0. The Morgan fingerprint density at radius 1 is 1.08 bits per heavy atom. The first-order valence-corrected chi connectivity index (χ1v) is 4.99. The third kappa shape index (κ3) is 2.61. The van der Waals surface area contributed by atoms with Gasteiger partial charge in [0.1, 0.15) is 0 Å². The van der Waals surface area contributed by atoms with Crippen LogP contribution in [-0.4, -0.2) is 6.18 Å². The second kappa shape index (κ2) is 3.89. The van der Waals surface area contributed by atoms with Gasteiger partial charge in [-0.1, -0.05) is 26.7 Å². The molecule has 1 fully saturated rings. The van der Waals surface area contributed by atoms with Gasteiger partial charge in [0.05, 0.1) is 5.92 Å². The van der Waals surface area contributed by atoms with Crippen molar-refractivity contribution in [3.05, 3.63) is 0 Å². The van der Waals surface area contributed by atoms with Gasteiger partial charge in [-0.05, 0) is 24.7 Å². The SMILES string of the molecule is CC(C)C1CCCC[C@@H]1C(F)(F)F. The number of alkyl halides is 3. The second-order valence-corrected chi connectivity index (χ2v) is 4.34. The molecule has 0 aliphatic heterocycles. The normalized spacial score (nSPS) is 30.9. The zero-order valence-electron chi connectivity index (χ0n) is 8.19. The number of hydrogen-bond donors (Lipinski definition) is 0. The highest BCUT2D eigenvalue weighted by Crippen LogP contribution is 2.44. The van der Waals surface area contributed by atoms with Crippen molar-refractivity contribution in [2.75, 3.05) is 0 Å².